The van der Waals surface area contributed by atoms with E-state index >= 15 is 0 Å². The summed E-state index contributed by atoms with van der Waals surface area (Å²) in [7, 11) is 0. The highest BCUT2D eigenvalue weighted by atomic mass is 16.6. The van der Waals surface area contributed by atoms with E-state index in [1.54, 1.807) is 36.4 Å². The molecule has 0 N–H and O–H groups in total. The summed E-state index contributed by atoms with van der Waals surface area (Å²) in [4.78, 5) is 84.8. The van der Waals surface area contributed by atoms with E-state index in [2.05, 4.69) is 27.0 Å². The Morgan fingerprint density at radius 1 is 0.586 bits per heavy atom. The maximum Gasteiger partial charge on any atom is 0.335 e. The zero-order valence-corrected chi connectivity index (χ0v) is 41.2. The van der Waals surface area contributed by atoms with Crippen molar-refractivity contribution in [3.63, 3.8) is 0 Å². The van der Waals surface area contributed by atoms with Crippen LogP contribution in [0.25, 0.3) is 11.0 Å². The Kier molecular flexibility index (Phi) is 21.9. The molecule has 14 nitrogen and oxygen atoms in total. The minimum absolute atomic E-state index is 0.0480. The number of allylic oxidation sites excluding steroid dienone is 1. The first-order chi connectivity index (χ1) is 33.8. The van der Waals surface area contributed by atoms with Gasteiger partial charge in [0.2, 0.25) is 0 Å². The van der Waals surface area contributed by atoms with Crippen LogP contribution in [0.3, 0.4) is 0 Å². The van der Waals surface area contributed by atoms with Crippen molar-refractivity contribution in [2.45, 2.75) is 143 Å². The van der Waals surface area contributed by atoms with Gasteiger partial charge in [0.05, 0.1) is 23.2 Å². The molecule has 0 atom stereocenters. The third-order valence-electron chi connectivity index (χ3n) is 12.3. The van der Waals surface area contributed by atoms with Crippen molar-refractivity contribution >= 4 is 46.7 Å². The molecule has 4 aromatic rings. The molecule has 2 aliphatic rings. The molecular formula is C56H68N2O12. The maximum atomic E-state index is 13.5. The molecule has 6 rings (SSSR count). The summed E-state index contributed by atoms with van der Waals surface area (Å²) in [6, 6.07) is 17.6. The molecule has 0 radical (unpaired) electrons. The van der Waals surface area contributed by atoms with Crippen LogP contribution in [0.4, 0.5) is 0 Å². The van der Waals surface area contributed by atoms with Crippen LogP contribution in [-0.4, -0.2) is 71.0 Å². The fraction of sp³-hybridized carbons (Fsp3) is 0.464. The highest BCUT2D eigenvalue weighted by Gasteiger charge is 2.32. The fourth-order valence-electron chi connectivity index (χ4n) is 8.27. The lowest BCUT2D eigenvalue weighted by Crippen LogP contribution is -2.30. The summed E-state index contributed by atoms with van der Waals surface area (Å²) in [5, 5.41) is 0. The first-order valence-electron chi connectivity index (χ1n) is 24.7. The molecule has 3 aromatic carbocycles. The summed E-state index contributed by atoms with van der Waals surface area (Å²) in [6.45, 7) is 16.8. The molecule has 1 heterocycles. The number of hydrogen-bond donors (Lipinski definition) is 0. The molecule has 0 amide bonds. The number of aromatic nitrogens is 2. The van der Waals surface area contributed by atoms with E-state index in [0.717, 1.165) is 54.5 Å². The summed E-state index contributed by atoms with van der Waals surface area (Å²) >= 11 is 0. The van der Waals surface area contributed by atoms with Crippen molar-refractivity contribution in [2.24, 2.45) is 11.8 Å². The Balaban J connectivity index is 0.00000121. The number of benzene rings is 3. The van der Waals surface area contributed by atoms with Crippen molar-refractivity contribution in [1.29, 1.82) is 0 Å². The number of fused-ring (bicyclic) bond motifs is 1. The number of carbonyl (C=O) groups is 6. The second-order valence-electron chi connectivity index (χ2n) is 17.7. The van der Waals surface area contributed by atoms with E-state index in [1.165, 1.54) is 6.08 Å². The topological polar surface area (TPSA) is 184 Å². The Bertz CT molecular complexity index is 2410. The number of hydrogen-bond acceptors (Lipinski definition) is 14. The number of nitrogens with zero attached hydrogens (tertiary/aromatic N) is 2. The standard InChI is InChI=1S/C50H54N2O11.C6H14O/c1-5-37(53)30-34-10-8-32(9-11-34)14-28-45(55)60-39-24-18-36(19-25-39)50(58)63-43-27-26-42(47-48(43)52-41(6-2)31(4)51-47)62-49(57)35-16-22-40(23-17-35)61-46(56)29-15-33-12-20-38(21-13-33)59-44(54)7-3;1-3-5-7-6-4-2/h5,7-13,20-21,26-27,35-36,39-40H,1,3,6,14-19,22-25,28-30H2,2,4H3;3-6H2,1-2H3. The molecule has 2 fully saturated rings. The number of aryl methyl sites for hydroxylation is 4. The van der Waals surface area contributed by atoms with Gasteiger partial charge in [-0.2, -0.15) is 0 Å². The number of rotatable bonds is 22. The van der Waals surface area contributed by atoms with E-state index in [1.807, 2.05) is 38.1 Å². The van der Waals surface area contributed by atoms with Crippen LogP contribution in [0.5, 0.6) is 17.2 Å². The Labute approximate surface area is 411 Å². The normalized spacial score (nSPS) is 17.5. The zero-order valence-electron chi connectivity index (χ0n) is 41.2. The summed E-state index contributed by atoms with van der Waals surface area (Å²) in [6.07, 6.45) is 10.4. The van der Waals surface area contributed by atoms with Crippen LogP contribution in [-0.2, 0) is 68.7 Å². The molecule has 2 saturated carbocycles. The van der Waals surface area contributed by atoms with Crippen LogP contribution in [0.1, 0.15) is 126 Å². The average molecular weight is 961 g/mol. The van der Waals surface area contributed by atoms with Crippen LogP contribution in [0.2, 0.25) is 0 Å². The lowest BCUT2D eigenvalue weighted by atomic mass is 9.87. The van der Waals surface area contributed by atoms with Gasteiger partial charge in [-0.15, -0.1) is 0 Å². The first-order valence-corrected chi connectivity index (χ1v) is 24.7. The average Bonchev–Trinajstić information content (AvgIpc) is 3.37. The van der Waals surface area contributed by atoms with E-state index in [9.17, 15) is 28.8 Å². The van der Waals surface area contributed by atoms with Crippen LogP contribution >= 0.6 is 0 Å². The maximum absolute atomic E-state index is 13.5. The predicted molar refractivity (Wildman–Crippen MR) is 264 cm³/mol. The zero-order chi connectivity index (χ0) is 50.4. The Morgan fingerprint density at radius 3 is 1.49 bits per heavy atom. The van der Waals surface area contributed by atoms with Crippen molar-refractivity contribution < 1.29 is 57.2 Å². The number of carbonyl (C=O) groups excluding carboxylic acids is 6. The lowest BCUT2D eigenvalue weighted by Gasteiger charge is -2.27. The Hall–Kier alpha value is -6.54. The molecule has 0 unspecified atom stereocenters. The molecular weight excluding hydrogens is 893 g/mol. The van der Waals surface area contributed by atoms with Gasteiger partial charge in [-0.1, -0.05) is 70.3 Å². The summed E-state index contributed by atoms with van der Waals surface area (Å²) < 4.78 is 33.6. The molecule has 2 aliphatic carbocycles. The van der Waals surface area contributed by atoms with Crippen LogP contribution < -0.4 is 14.2 Å². The SMILES string of the molecule is C=CC(=O)Cc1ccc(CCC(=O)OC2CCC(C(=O)Oc3ccc(OC(=O)C4CCC(OC(=O)CCc5ccc(OC(=O)C=C)cc5)CC4)c4nc(C)c(CC)nc34)CC2)cc1.CCCOCCC. The predicted octanol–water partition coefficient (Wildman–Crippen LogP) is 9.99. The molecule has 14 heteroatoms. The van der Waals surface area contributed by atoms with Gasteiger partial charge in [-0.05, 0) is 137 Å². The van der Waals surface area contributed by atoms with Crippen molar-refractivity contribution in [3.05, 3.63) is 114 Å². The van der Waals surface area contributed by atoms with Gasteiger partial charge in [0.1, 0.15) is 29.0 Å². The lowest BCUT2D eigenvalue weighted by molar-refractivity contribution is -0.153. The van der Waals surface area contributed by atoms with Crippen LogP contribution in [0.15, 0.2) is 86.0 Å². The van der Waals surface area contributed by atoms with Gasteiger partial charge in [0, 0.05) is 38.6 Å². The highest BCUT2D eigenvalue weighted by Crippen LogP contribution is 2.36. The van der Waals surface area contributed by atoms with E-state index in [0.29, 0.717) is 99.5 Å². The van der Waals surface area contributed by atoms with Gasteiger partial charge in [0.25, 0.3) is 0 Å². The minimum Gasteiger partial charge on any atom is -0.462 e. The third kappa shape index (κ3) is 17.1. The third-order valence-corrected chi connectivity index (χ3v) is 12.3. The second kappa shape index (κ2) is 28.2. The van der Waals surface area contributed by atoms with Crippen molar-refractivity contribution in [1.82, 2.24) is 9.97 Å². The molecule has 0 aliphatic heterocycles. The minimum atomic E-state index is -0.546. The number of esters is 5. The molecule has 1 aromatic heterocycles. The number of ether oxygens (including phenoxy) is 6. The molecule has 0 spiro atoms. The van der Waals surface area contributed by atoms with Crippen molar-refractivity contribution in [3.8, 4) is 17.2 Å². The van der Waals surface area contributed by atoms with Gasteiger partial charge in [-0.25, -0.2) is 14.8 Å². The quantitative estimate of drug-likeness (QED) is 0.0314. The second-order valence-corrected chi connectivity index (χ2v) is 17.7. The first kappa shape index (κ1) is 54.4. The molecule has 70 heavy (non-hydrogen) atoms. The van der Waals surface area contributed by atoms with Gasteiger partial charge < -0.3 is 28.4 Å². The van der Waals surface area contributed by atoms with E-state index in [-0.39, 0.29) is 54.3 Å². The monoisotopic (exact) mass is 960 g/mol. The van der Waals surface area contributed by atoms with E-state index in [4.69, 9.17) is 38.4 Å². The number of ketones is 1. The van der Waals surface area contributed by atoms with Gasteiger partial charge in [0.15, 0.2) is 17.3 Å². The Morgan fingerprint density at radius 2 is 1.04 bits per heavy atom. The highest BCUT2D eigenvalue weighted by molar-refractivity contribution is 5.92. The smallest absolute Gasteiger partial charge is 0.335 e. The molecule has 0 saturated heterocycles. The summed E-state index contributed by atoms with van der Waals surface area (Å²) in [5.74, 6) is -2.02. The van der Waals surface area contributed by atoms with Gasteiger partial charge >= 0.3 is 29.8 Å². The summed E-state index contributed by atoms with van der Waals surface area (Å²) in [5.41, 5.74) is 4.79. The van der Waals surface area contributed by atoms with Gasteiger partial charge in [-0.3, -0.25) is 24.0 Å². The largest absolute Gasteiger partial charge is 0.462 e. The van der Waals surface area contributed by atoms with Crippen molar-refractivity contribution in [2.75, 3.05) is 13.2 Å². The molecule has 0 bridgehead atoms. The fourth-order valence-corrected chi connectivity index (χ4v) is 8.27. The molecule has 374 valence electrons. The van der Waals surface area contributed by atoms with E-state index < -0.39 is 29.7 Å². The van der Waals surface area contributed by atoms with Crippen LogP contribution in [0, 0.1) is 18.8 Å².